The van der Waals surface area contributed by atoms with Gasteiger partial charge in [0.05, 0.1) is 11.3 Å². The standard InChI is InChI=1S/C15H27N3O2/c16-11-15(7-3-1-2-4-8-15)14(20)18-9-5-6-12(10-18)13(17)19/h12H,1-11,16H2,(H2,17,19). The molecule has 0 spiro atoms. The molecule has 1 saturated heterocycles. The molecule has 0 radical (unpaired) electrons. The number of carbonyl (C=O) groups excluding carboxylic acids is 2. The van der Waals surface area contributed by atoms with Crippen molar-refractivity contribution in [3.8, 4) is 0 Å². The molecule has 5 heteroatoms. The summed E-state index contributed by atoms with van der Waals surface area (Å²) in [6.45, 7) is 1.64. The fraction of sp³-hybridized carbons (Fsp3) is 0.867. The molecule has 20 heavy (non-hydrogen) atoms. The fourth-order valence-electron chi connectivity index (χ4n) is 3.64. The first-order valence-corrected chi connectivity index (χ1v) is 7.88. The lowest BCUT2D eigenvalue weighted by Crippen LogP contribution is -2.52. The minimum Gasteiger partial charge on any atom is -0.369 e. The van der Waals surface area contributed by atoms with Crippen molar-refractivity contribution in [2.75, 3.05) is 19.6 Å². The SMILES string of the molecule is NCC1(C(=O)N2CCCC(C(N)=O)C2)CCCCCC1. The van der Waals surface area contributed by atoms with Gasteiger partial charge in [0.2, 0.25) is 11.8 Å². The first-order valence-electron chi connectivity index (χ1n) is 7.88. The van der Waals surface area contributed by atoms with Gasteiger partial charge in [0.25, 0.3) is 0 Å². The highest BCUT2D eigenvalue weighted by molar-refractivity contribution is 5.84. The van der Waals surface area contributed by atoms with Gasteiger partial charge in [0, 0.05) is 19.6 Å². The maximum Gasteiger partial charge on any atom is 0.230 e. The van der Waals surface area contributed by atoms with Gasteiger partial charge in [-0.25, -0.2) is 0 Å². The van der Waals surface area contributed by atoms with Crippen molar-refractivity contribution in [3.63, 3.8) is 0 Å². The number of nitrogens with zero attached hydrogens (tertiary/aromatic N) is 1. The molecule has 0 aromatic heterocycles. The number of carbonyl (C=O) groups is 2. The van der Waals surface area contributed by atoms with Crippen LogP contribution in [0.5, 0.6) is 0 Å². The van der Waals surface area contributed by atoms with Crippen LogP contribution >= 0.6 is 0 Å². The zero-order valence-corrected chi connectivity index (χ0v) is 12.3. The lowest BCUT2D eigenvalue weighted by atomic mass is 9.78. The van der Waals surface area contributed by atoms with Gasteiger partial charge in [-0.15, -0.1) is 0 Å². The van der Waals surface area contributed by atoms with E-state index >= 15 is 0 Å². The third-order valence-electron chi connectivity index (χ3n) is 5.02. The van der Waals surface area contributed by atoms with E-state index in [1.54, 1.807) is 0 Å². The van der Waals surface area contributed by atoms with E-state index in [0.29, 0.717) is 13.1 Å². The van der Waals surface area contributed by atoms with Crippen LogP contribution in [0.2, 0.25) is 0 Å². The second kappa shape index (κ2) is 6.57. The Balaban J connectivity index is 2.09. The molecule has 2 fully saturated rings. The van der Waals surface area contributed by atoms with E-state index in [0.717, 1.165) is 45.1 Å². The Morgan fingerprint density at radius 2 is 1.75 bits per heavy atom. The van der Waals surface area contributed by atoms with Crippen LogP contribution in [0.25, 0.3) is 0 Å². The maximum absolute atomic E-state index is 12.9. The predicted octanol–water partition coefficient (Wildman–Crippen LogP) is 1.01. The van der Waals surface area contributed by atoms with Crippen LogP contribution < -0.4 is 11.5 Å². The van der Waals surface area contributed by atoms with Gasteiger partial charge in [0.15, 0.2) is 0 Å². The molecule has 1 heterocycles. The van der Waals surface area contributed by atoms with Gasteiger partial charge < -0.3 is 16.4 Å². The van der Waals surface area contributed by atoms with Crippen molar-refractivity contribution in [2.24, 2.45) is 22.8 Å². The molecule has 0 bridgehead atoms. The summed E-state index contributed by atoms with van der Waals surface area (Å²) in [7, 11) is 0. The summed E-state index contributed by atoms with van der Waals surface area (Å²) in [6.07, 6.45) is 7.98. The van der Waals surface area contributed by atoms with Crippen molar-refractivity contribution < 1.29 is 9.59 Å². The Labute approximate surface area is 121 Å². The topological polar surface area (TPSA) is 89.4 Å². The molecule has 2 rings (SSSR count). The van der Waals surface area contributed by atoms with Crippen LogP contribution in [0, 0.1) is 11.3 Å². The lowest BCUT2D eigenvalue weighted by Gasteiger charge is -2.39. The number of likely N-dealkylation sites (tertiary alicyclic amines) is 1. The Morgan fingerprint density at radius 1 is 1.10 bits per heavy atom. The van der Waals surface area contributed by atoms with Gasteiger partial charge in [-0.05, 0) is 25.7 Å². The van der Waals surface area contributed by atoms with E-state index < -0.39 is 5.41 Å². The normalized spacial score (nSPS) is 26.9. The van der Waals surface area contributed by atoms with Crippen LogP contribution in [0.3, 0.4) is 0 Å². The summed E-state index contributed by atoms with van der Waals surface area (Å²) in [5, 5.41) is 0. The van der Waals surface area contributed by atoms with Crippen molar-refractivity contribution in [1.82, 2.24) is 4.90 Å². The highest BCUT2D eigenvalue weighted by Crippen LogP contribution is 2.37. The summed E-state index contributed by atoms with van der Waals surface area (Å²) in [5.74, 6) is -0.314. The van der Waals surface area contributed by atoms with E-state index in [4.69, 9.17) is 11.5 Å². The number of nitrogens with two attached hydrogens (primary N) is 2. The number of amides is 2. The number of primary amides is 1. The zero-order chi connectivity index (χ0) is 14.6. The molecule has 0 aromatic carbocycles. The second-order valence-corrected chi connectivity index (χ2v) is 6.39. The predicted molar refractivity (Wildman–Crippen MR) is 77.7 cm³/mol. The minimum absolute atomic E-state index is 0.160. The van der Waals surface area contributed by atoms with E-state index in [1.165, 1.54) is 12.8 Å². The summed E-state index contributed by atoms with van der Waals surface area (Å²) in [5.41, 5.74) is 11.0. The highest BCUT2D eigenvalue weighted by Gasteiger charge is 2.41. The first-order chi connectivity index (χ1) is 9.59. The van der Waals surface area contributed by atoms with Crippen molar-refractivity contribution in [3.05, 3.63) is 0 Å². The number of hydrogen-bond acceptors (Lipinski definition) is 3. The van der Waals surface area contributed by atoms with Crippen LogP contribution in [-0.4, -0.2) is 36.3 Å². The van der Waals surface area contributed by atoms with E-state index in [2.05, 4.69) is 0 Å². The molecule has 1 aliphatic carbocycles. The Bertz CT molecular complexity index is 362. The second-order valence-electron chi connectivity index (χ2n) is 6.39. The van der Waals surface area contributed by atoms with Crippen LogP contribution in [0.15, 0.2) is 0 Å². The Kier molecular flexibility index (Phi) is 5.02. The fourth-order valence-corrected chi connectivity index (χ4v) is 3.64. The van der Waals surface area contributed by atoms with Crippen molar-refractivity contribution in [2.45, 2.75) is 51.4 Å². The molecule has 2 amide bonds. The minimum atomic E-state index is -0.393. The van der Waals surface area contributed by atoms with Gasteiger partial charge >= 0.3 is 0 Å². The molecule has 1 aliphatic heterocycles. The number of hydrogen-bond donors (Lipinski definition) is 2. The maximum atomic E-state index is 12.9. The van der Waals surface area contributed by atoms with Gasteiger partial charge in [-0.1, -0.05) is 25.7 Å². The van der Waals surface area contributed by atoms with Gasteiger partial charge in [-0.2, -0.15) is 0 Å². The molecule has 1 atom stereocenters. The molecular formula is C15H27N3O2. The smallest absolute Gasteiger partial charge is 0.230 e. The summed E-state index contributed by atoms with van der Waals surface area (Å²) < 4.78 is 0. The van der Waals surface area contributed by atoms with Gasteiger partial charge in [-0.3, -0.25) is 9.59 Å². The van der Waals surface area contributed by atoms with E-state index in [9.17, 15) is 9.59 Å². The third-order valence-corrected chi connectivity index (χ3v) is 5.02. The summed E-state index contributed by atoms with van der Waals surface area (Å²) in [4.78, 5) is 26.1. The number of piperidine rings is 1. The summed E-state index contributed by atoms with van der Waals surface area (Å²) in [6, 6.07) is 0. The Hall–Kier alpha value is -1.10. The quantitative estimate of drug-likeness (QED) is 0.757. The van der Waals surface area contributed by atoms with Crippen LogP contribution in [0.4, 0.5) is 0 Å². The zero-order valence-electron chi connectivity index (χ0n) is 12.3. The molecule has 1 saturated carbocycles. The molecule has 1 unspecified atom stereocenters. The first kappa shape index (κ1) is 15.3. The monoisotopic (exact) mass is 281 g/mol. The largest absolute Gasteiger partial charge is 0.369 e. The van der Waals surface area contributed by atoms with Crippen LogP contribution in [-0.2, 0) is 9.59 Å². The average Bonchev–Trinajstić information content (AvgIpc) is 2.73. The molecular weight excluding hydrogens is 254 g/mol. The molecule has 2 aliphatic rings. The van der Waals surface area contributed by atoms with Crippen LogP contribution in [0.1, 0.15) is 51.4 Å². The van der Waals surface area contributed by atoms with Crippen molar-refractivity contribution >= 4 is 11.8 Å². The third kappa shape index (κ3) is 3.14. The van der Waals surface area contributed by atoms with Gasteiger partial charge in [0.1, 0.15) is 0 Å². The average molecular weight is 281 g/mol. The lowest BCUT2D eigenvalue weighted by molar-refractivity contribution is -0.145. The van der Waals surface area contributed by atoms with E-state index in [-0.39, 0.29) is 17.7 Å². The molecule has 4 N–H and O–H groups in total. The molecule has 5 nitrogen and oxygen atoms in total. The highest BCUT2D eigenvalue weighted by atomic mass is 16.2. The van der Waals surface area contributed by atoms with E-state index in [1.807, 2.05) is 4.90 Å². The number of rotatable bonds is 3. The Morgan fingerprint density at radius 3 is 2.30 bits per heavy atom. The molecule has 114 valence electrons. The molecule has 0 aromatic rings. The van der Waals surface area contributed by atoms with Crippen molar-refractivity contribution in [1.29, 1.82) is 0 Å². The summed E-state index contributed by atoms with van der Waals surface area (Å²) >= 11 is 0.